The van der Waals surface area contributed by atoms with Gasteiger partial charge < -0.3 is 19.7 Å². The van der Waals surface area contributed by atoms with Crippen molar-refractivity contribution in [2.45, 2.75) is 6.42 Å². The Morgan fingerprint density at radius 1 is 1.14 bits per heavy atom. The zero-order valence-corrected chi connectivity index (χ0v) is 8.28. The first kappa shape index (κ1) is 10.7. The summed E-state index contributed by atoms with van der Waals surface area (Å²) in [5, 5.41) is 18.3. The first-order valence-electron chi connectivity index (χ1n) is 4.27. The number of ether oxygens (including phenoxy) is 2. The van der Waals surface area contributed by atoms with Gasteiger partial charge in [0.25, 0.3) is 0 Å². The minimum absolute atomic E-state index is 0.0320. The van der Waals surface area contributed by atoms with Crippen LogP contribution in [0.25, 0.3) is 0 Å². The fraction of sp³-hybridized carbons (Fsp3) is 0.400. The van der Waals surface area contributed by atoms with Crippen molar-refractivity contribution in [1.29, 1.82) is 0 Å². The van der Waals surface area contributed by atoms with Gasteiger partial charge in [-0.3, -0.25) is 0 Å². The minimum atomic E-state index is 0.0320. The number of aliphatic hydroxyl groups is 1. The molecule has 0 radical (unpaired) electrons. The van der Waals surface area contributed by atoms with Crippen molar-refractivity contribution in [2.75, 3.05) is 20.8 Å². The second kappa shape index (κ2) is 4.72. The highest BCUT2D eigenvalue weighted by Crippen LogP contribution is 2.33. The third kappa shape index (κ3) is 2.09. The normalized spacial score (nSPS) is 9.93. The lowest BCUT2D eigenvalue weighted by atomic mass is 10.1. The summed E-state index contributed by atoms with van der Waals surface area (Å²) in [5.74, 6) is 0.970. The standard InChI is InChI=1S/C10H14O4/c1-13-9-6-8(12)10(14-2)5-7(9)3-4-11/h5-6,11-12H,3-4H2,1-2H3. The predicted octanol–water partition coefficient (Wildman–Crippen LogP) is 0.944. The van der Waals surface area contributed by atoms with E-state index < -0.39 is 0 Å². The van der Waals surface area contributed by atoms with E-state index in [9.17, 15) is 5.11 Å². The number of rotatable bonds is 4. The fourth-order valence-electron chi connectivity index (χ4n) is 1.26. The lowest BCUT2D eigenvalue weighted by Crippen LogP contribution is -1.97. The molecule has 0 unspecified atom stereocenters. The van der Waals surface area contributed by atoms with E-state index in [1.165, 1.54) is 20.3 Å². The summed E-state index contributed by atoms with van der Waals surface area (Å²) in [6.45, 7) is 0.0320. The summed E-state index contributed by atoms with van der Waals surface area (Å²) in [6.07, 6.45) is 0.472. The molecule has 14 heavy (non-hydrogen) atoms. The molecule has 0 aliphatic rings. The van der Waals surface area contributed by atoms with E-state index in [2.05, 4.69) is 0 Å². The molecule has 1 aromatic carbocycles. The molecule has 0 fully saturated rings. The highest BCUT2D eigenvalue weighted by atomic mass is 16.5. The smallest absolute Gasteiger partial charge is 0.161 e. The maximum absolute atomic E-state index is 9.45. The van der Waals surface area contributed by atoms with Crippen LogP contribution in [0.1, 0.15) is 5.56 Å². The van der Waals surface area contributed by atoms with Crippen molar-refractivity contribution in [3.8, 4) is 17.2 Å². The summed E-state index contributed by atoms with van der Waals surface area (Å²) in [4.78, 5) is 0. The van der Waals surface area contributed by atoms with Gasteiger partial charge in [-0.2, -0.15) is 0 Å². The summed E-state index contributed by atoms with van der Waals surface area (Å²) in [7, 11) is 2.99. The van der Waals surface area contributed by atoms with E-state index in [1.54, 1.807) is 6.07 Å². The number of aliphatic hydroxyl groups excluding tert-OH is 1. The molecule has 1 rings (SSSR count). The Bertz CT molecular complexity index is 309. The number of methoxy groups -OCH3 is 2. The molecule has 0 amide bonds. The van der Waals surface area contributed by atoms with Crippen LogP contribution in [-0.4, -0.2) is 31.0 Å². The Hall–Kier alpha value is -1.42. The molecule has 0 bridgehead atoms. The van der Waals surface area contributed by atoms with Gasteiger partial charge in [0.05, 0.1) is 14.2 Å². The van der Waals surface area contributed by atoms with E-state index in [-0.39, 0.29) is 12.4 Å². The molecule has 2 N–H and O–H groups in total. The molecule has 0 aliphatic heterocycles. The largest absolute Gasteiger partial charge is 0.504 e. The summed E-state index contributed by atoms with van der Waals surface area (Å²) in [6, 6.07) is 3.13. The van der Waals surface area contributed by atoms with Gasteiger partial charge in [0, 0.05) is 18.2 Å². The van der Waals surface area contributed by atoms with Crippen molar-refractivity contribution in [2.24, 2.45) is 0 Å². The highest BCUT2D eigenvalue weighted by Gasteiger charge is 2.09. The average Bonchev–Trinajstić information content (AvgIpc) is 2.20. The van der Waals surface area contributed by atoms with E-state index in [0.717, 1.165) is 5.56 Å². The number of phenolic OH excluding ortho intramolecular Hbond substituents is 1. The number of aromatic hydroxyl groups is 1. The van der Waals surface area contributed by atoms with Gasteiger partial charge in [0.1, 0.15) is 5.75 Å². The molecule has 0 aromatic heterocycles. The lowest BCUT2D eigenvalue weighted by molar-refractivity contribution is 0.295. The van der Waals surface area contributed by atoms with Crippen LogP contribution in [0.5, 0.6) is 17.2 Å². The predicted molar refractivity (Wildman–Crippen MR) is 52.0 cm³/mol. The van der Waals surface area contributed by atoms with Crippen molar-refractivity contribution in [1.82, 2.24) is 0 Å². The molecule has 0 saturated carbocycles. The molecule has 0 saturated heterocycles. The molecular weight excluding hydrogens is 184 g/mol. The Morgan fingerprint density at radius 2 is 1.79 bits per heavy atom. The molecule has 4 nitrogen and oxygen atoms in total. The second-order valence-electron chi connectivity index (χ2n) is 2.81. The van der Waals surface area contributed by atoms with Crippen LogP contribution in [0.15, 0.2) is 12.1 Å². The summed E-state index contributed by atoms with van der Waals surface area (Å²) < 4.78 is 10.00. The van der Waals surface area contributed by atoms with Crippen LogP contribution < -0.4 is 9.47 Å². The van der Waals surface area contributed by atoms with Crippen molar-refractivity contribution < 1.29 is 19.7 Å². The quantitative estimate of drug-likeness (QED) is 0.756. The third-order valence-electron chi connectivity index (χ3n) is 1.96. The monoisotopic (exact) mass is 198 g/mol. The van der Waals surface area contributed by atoms with E-state index >= 15 is 0 Å². The Balaban J connectivity index is 3.11. The minimum Gasteiger partial charge on any atom is -0.504 e. The van der Waals surface area contributed by atoms with Crippen molar-refractivity contribution in [3.63, 3.8) is 0 Å². The van der Waals surface area contributed by atoms with Gasteiger partial charge >= 0.3 is 0 Å². The molecule has 0 atom stereocenters. The van der Waals surface area contributed by atoms with Crippen molar-refractivity contribution >= 4 is 0 Å². The molecule has 0 heterocycles. The van der Waals surface area contributed by atoms with Gasteiger partial charge in [-0.05, 0) is 12.5 Å². The van der Waals surface area contributed by atoms with Crippen LogP contribution >= 0.6 is 0 Å². The Kier molecular flexibility index (Phi) is 3.59. The lowest BCUT2D eigenvalue weighted by Gasteiger charge is -2.10. The molecular formula is C10H14O4. The fourth-order valence-corrected chi connectivity index (χ4v) is 1.26. The molecule has 4 heteroatoms. The highest BCUT2D eigenvalue weighted by molar-refractivity contribution is 5.49. The molecule has 0 spiro atoms. The maximum atomic E-state index is 9.45. The second-order valence-corrected chi connectivity index (χ2v) is 2.81. The zero-order valence-electron chi connectivity index (χ0n) is 8.28. The van der Waals surface area contributed by atoms with Crippen LogP contribution in [0.2, 0.25) is 0 Å². The molecule has 1 aromatic rings. The summed E-state index contributed by atoms with van der Waals surface area (Å²) in [5.41, 5.74) is 0.810. The van der Waals surface area contributed by atoms with Gasteiger partial charge in [-0.15, -0.1) is 0 Å². The van der Waals surface area contributed by atoms with Gasteiger partial charge in [-0.25, -0.2) is 0 Å². The number of benzene rings is 1. The molecule has 0 aliphatic carbocycles. The Morgan fingerprint density at radius 3 is 2.29 bits per heavy atom. The maximum Gasteiger partial charge on any atom is 0.161 e. The first-order valence-corrected chi connectivity index (χ1v) is 4.27. The van der Waals surface area contributed by atoms with Crippen LogP contribution in [0.3, 0.4) is 0 Å². The van der Waals surface area contributed by atoms with E-state index in [1.807, 2.05) is 0 Å². The van der Waals surface area contributed by atoms with E-state index in [4.69, 9.17) is 14.6 Å². The first-order chi connectivity index (χ1) is 6.72. The van der Waals surface area contributed by atoms with Crippen LogP contribution in [0, 0.1) is 0 Å². The number of phenols is 1. The van der Waals surface area contributed by atoms with Crippen molar-refractivity contribution in [3.05, 3.63) is 17.7 Å². The zero-order chi connectivity index (χ0) is 10.6. The van der Waals surface area contributed by atoms with Crippen LogP contribution in [-0.2, 0) is 6.42 Å². The number of hydrogen-bond acceptors (Lipinski definition) is 4. The average molecular weight is 198 g/mol. The van der Waals surface area contributed by atoms with Gasteiger partial charge in [0.15, 0.2) is 11.5 Å². The van der Waals surface area contributed by atoms with Crippen LogP contribution in [0.4, 0.5) is 0 Å². The van der Waals surface area contributed by atoms with Gasteiger partial charge in [0.2, 0.25) is 0 Å². The molecule has 78 valence electrons. The number of hydrogen-bond donors (Lipinski definition) is 2. The third-order valence-corrected chi connectivity index (χ3v) is 1.96. The SMILES string of the molecule is COc1cc(CCO)c(OC)cc1O. The topological polar surface area (TPSA) is 58.9 Å². The van der Waals surface area contributed by atoms with E-state index in [0.29, 0.717) is 17.9 Å². The van der Waals surface area contributed by atoms with Gasteiger partial charge in [-0.1, -0.05) is 0 Å². The Labute approximate surface area is 82.7 Å². The summed E-state index contributed by atoms with van der Waals surface area (Å²) >= 11 is 0.